The van der Waals surface area contributed by atoms with Crippen LogP contribution in [-0.4, -0.2) is 53.7 Å². The van der Waals surface area contributed by atoms with Crippen LogP contribution in [0.2, 0.25) is 0 Å². The number of amides is 1. The quantitative estimate of drug-likeness (QED) is 0.770. The molecule has 0 aliphatic carbocycles. The van der Waals surface area contributed by atoms with Gasteiger partial charge in [0, 0.05) is 11.8 Å². The lowest BCUT2D eigenvalue weighted by Gasteiger charge is -2.22. The molecule has 1 aromatic rings. The van der Waals surface area contributed by atoms with E-state index < -0.39 is 9.84 Å². The Morgan fingerprint density at radius 1 is 1.35 bits per heavy atom. The Morgan fingerprint density at radius 2 is 2.09 bits per heavy atom. The van der Waals surface area contributed by atoms with Crippen LogP contribution < -0.4 is 0 Å². The van der Waals surface area contributed by atoms with Crippen LogP contribution in [0.25, 0.3) is 0 Å². The summed E-state index contributed by atoms with van der Waals surface area (Å²) >= 11 is 1.40. The Balaban J connectivity index is 1.76. The number of carbonyl (C=O) groups excluding carboxylic acids is 1. The third-order valence-electron chi connectivity index (χ3n) is 3.92. The fourth-order valence-electron chi connectivity index (χ4n) is 2.90. The van der Waals surface area contributed by atoms with Gasteiger partial charge >= 0.3 is 0 Å². The van der Waals surface area contributed by atoms with Gasteiger partial charge in [0.05, 0.1) is 24.0 Å². The molecule has 1 aromatic carbocycles. The second-order valence-corrected chi connectivity index (χ2v) is 9.05. The summed E-state index contributed by atoms with van der Waals surface area (Å²) in [5.74, 6) is 0.0716. The van der Waals surface area contributed by atoms with E-state index in [1.165, 1.54) is 11.8 Å². The largest absolute Gasteiger partial charge is 0.342 e. The van der Waals surface area contributed by atoms with Crippen LogP contribution in [0.4, 0.5) is 0 Å². The molecule has 23 heavy (non-hydrogen) atoms. The zero-order chi connectivity index (χ0) is 16.4. The highest BCUT2D eigenvalue weighted by Gasteiger charge is 2.48. The van der Waals surface area contributed by atoms with E-state index in [2.05, 4.69) is 11.6 Å². The van der Waals surface area contributed by atoms with Gasteiger partial charge in [0.15, 0.2) is 15.0 Å². The molecule has 0 spiro atoms. The summed E-state index contributed by atoms with van der Waals surface area (Å²) in [6.07, 6.45) is 1.96. The average Bonchev–Trinajstić information content (AvgIpc) is 2.93. The second kappa shape index (κ2) is 6.49. The number of nitrogens with zero attached hydrogens (tertiary/aromatic N) is 2. The van der Waals surface area contributed by atoms with Crippen LogP contribution in [0.1, 0.15) is 5.56 Å². The van der Waals surface area contributed by atoms with Gasteiger partial charge in [0.1, 0.15) is 0 Å². The molecular formula is C16H18N2O3S2. The summed E-state index contributed by atoms with van der Waals surface area (Å²) in [5, 5.41) is 0.582. The molecule has 0 radical (unpaired) electrons. The molecule has 2 saturated heterocycles. The maximum atomic E-state index is 12.2. The summed E-state index contributed by atoms with van der Waals surface area (Å²) in [5.41, 5.74) is 0.919. The van der Waals surface area contributed by atoms with E-state index in [4.69, 9.17) is 0 Å². The Bertz CT molecular complexity index is 744. The zero-order valence-corrected chi connectivity index (χ0v) is 14.2. The molecule has 1 amide bonds. The van der Waals surface area contributed by atoms with Gasteiger partial charge in [-0.25, -0.2) is 8.42 Å². The summed E-state index contributed by atoms with van der Waals surface area (Å²) < 4.78 is 23.6. The Hall–Kier alpha value is -1.60. The van der Waals surface area contributed by atoms with Crippen molar-refractivity contribution in [3.8, 4) is 0 Å². The minimum absolute atomic E-state index is 0.0387. The van der Waals surface area contributed by atoms with Gasteiger partial charge in [-0.2, -0.15) is 4.99 Å². The number of thioether (sulfide) groups is 1. The van der Waals surface area contributed by atoms with E-state index in [1.54, 1.807) is 6.08 Å². The van der Waals surface area contributed by atoms with E-state index in [0.29, 0.717) is 11.7 Å². The van der Waals surface area contributed by atoms with Gasteiger partial charge < -0.3 is 4.90 Å². The van der Waals surface area contributed by atoms with Crippen LogP contribution in [0.15, 0.2) is 48.0 Å². The van der Waals surface area contributed by atoms with Crippen LogP contribution in [0, 0.1) is 0 Å². The Labute approximate surface area is 140 Å². The lowest BCUT2D eigenvalue weighted by molar-refractivity contribution is -0.117. The number of hydrogen-bond acceptors (Lipinski definition) is 4. The van der Waals surface area contributed by atoms with Crippen molar-refractivity contribution >= 4 is 32.7 Å². The molecular weight excluding hydrogens is 332 g/mol. The number of aliphatic imine (C=N–C) groups is 1. The molecule has 7 heteroatoms. The molecule has 2 fully saturated rings. The molecule has 0 aromatic heterocycles. The van der Waals surface area contributed by atoms with Crippen molar-refractivity contribution in [2.45, 2.75) is 17.7 Å². The fourth-order valence-corrected chi connectivity index (χ4v) is 6.88. The Morgan fingerprint density at radius 3 is 2.78 bits per heavy atom. The number of rotatable bonds is 4. The third kappa shape index (κ3) is 3.67. The molecule has 3 rings (SSSR count). The molecule has 0 N–H and O–H groups in total. The highest BCUT2D eigenvalue weighted by molar-refractivity contribution is 8.15. The lowest BCUT2D eigenvalue weighted by atomic mass is 10.1. The first-order chi connectivity index (χ1) is 11.0. The normalized spacial score (nSPS) is 27.1. The van der Waals surface area contributed by atoms with E-state index in [0.717, 1.165) is 5.56 Å². The fraction of sp³-hybridized carbons (Fsp3) is 0.375. The molecule has 2 heterocycles. The van der Waals surface area contributed by atoms with Crippen molar-refractivity contribution in [3.63, 3.8) is 0 Å². The number of fused-ring (bicyclic) bond motifs is 1. The molecule has 0 unspecified atom stereocenters. The monoisotopic (exact) mass is 350 g/mol. The van der Waals surface area contributed by atoms with Gasteiger partial charge in [-0.3, -0.25) is 4.79 Å². The van der Waals surface area contributed by atoms with E-state index >= 15 is 0 Å². The van der Waals surface area contributed by atoms with Gasteiger partial charge in [0.25, 0.3) is 5.91 Å². The summed E-state index contributed by atoms with van der Waals surface area (Å²) in [6, 6.07) is 9.36. The van der Waals surface area contributed by atoms with Gasteiger partial charge in [-0.1, -0.05) is 48.2 Å². The van der Waals surface area contributed by atoms with Crippen LogP contribution >= 0.6 is 11.8 Å². The molecule has 2 aliphatic heterocycles. The maximum Gasteiger partial charge on any atom is 0.252 e. The number of carbonyl (C=O) groups is 1. The number of hydrogen-bond donors (Lipinski definition) is 0. The first kappa shape index (κ1) is 16.3. The molecule has 2 atom stereocenters. The molecule has 0 bridgehead atoms. The minimum atomic E-state index is -2.99. The topological polar surface area (TPSA) is 66.8 Å². The van der Waals surface area contributed by atoms with Gasteiger partial charge in [-0.05, 0) is 5.56 Å². The predicted molar refractivity (Wildman–Crippen MR) is 93.3 cm³/mol. The summed E-state index contributed by atoms with van der Waals surface area (Å²) in [4.78, 5) is 18.3. The molecule has 5 nitrogen and oxygen atoms in total. The highest BCUT2D eigenvalue weighted by atomic mass is 32.2. The number of benzene rings is 1. The summed E-state index contributed by atoms with van der Waals surface area (Å²) in [6.45, 7) is 4.22. The zero-order valence-electron chi connectivity index (χ0n) is 12.6. The minimum Gasteiger partial charge on any atom is -0.342 e. The third-order valence-corrected chi connectivity index (χ3v) is 7.17. The first-order valence-electron chi connectivity index (χ1n) is 7.38. The first-order valence-corrected chi connectivity index (χ1v) is 10.1. The average molecular weight is 350 g/mol. The van der Waals surface area contributed by atoms with Crippen molar-refractivity contribution in [3.05, 3.63) is 48.6 Å². The van der Waals surface area contributed by atoms with E-state index in [9.17, 15) is 13.2 Å². The van der Waals surface area contributed by atoms with Crippen LogP contribution in [0.5, 0.6) is 0 Å². The van der Waals surface area contributed by atoms with Gasteiger partial charge in [0.2, 0.25) is 0 Å². The number of amidine groups is 1. The standard InChI is InChI=1S/C16H18N2O3S2/c1-2-8-18-13-10-23(20,21)11-14(13)22-16(18)17-15(19)9-12-6-4-3-5-7-12/h2-7,13-14H,1,8-11H2/t13-,14+/m1/s1. The molecule has 2 aliphatic rings. The Kier molecular flexibility index (Phi) is 4.59. The van der Waals surface area contributed by atoms with Crippen molar-refractivity contribution in [2.24, 2.45) is 4.99 Å². The van der Waals surface area contributed by atoms with Crippen molar-refractivity contribution in [1.82, 2.24) is 4.90 Å². The SMILES string of the molecule is C=CCN1C(=NC(=O)Cc2ccccc2)S[C@H]2CS(=O)(=O)C[C@H]21. The van der Waals surface area contributed by atoms with E-state index in [1.807, 2.05) is 35.2 Å². The maximum absolute atomic E-state index is 12.2. The van der Waals surface area contributed by atoms with Crippen molar-refractivity contribution in [1.29, 1.82) is 0 Å². The van der Waals surface area contributed by atoms with Crippen LogP contribution in [-0.2, 0) is 21.1 Å². The van der Waals surface area contributed by atoms with Crippen molar-refractivity contribution < 1.29 is 13.2 Å². The second-order valence-electron chi connectivity index (χ2n) is 5.69. The van der Waals surface area contributed by atoms with Crippen LogP contribution in [0.3, 0.4) is 0 Å². The van der Waals surface area contributed by atoms with E-state index in [-0.39, 0.29) is 35.1 Å². The smallest absolute Gasteiger partial charge is 0.252 e. The molecule has 0 saturated carbocycles. The van der Waals surface area contributed by atoms with Gasteiger partial charge in [-0.15, -0.1) is 6.58 Å². The highest BCUT2D eigenvalue weighted by Crippen LogP contribution is 2.37. The summed E-state index contributed by atoms with van der Waals surface area (Å²) in [7, 11) is -2.99. The predicted octanol–water partition coefficient (Wildman–Crippen LogP) is 1.51. The molecule has 122 valence electrons. The van der Waals surface area contributed by atoms with Crippen molar-refractivity contribution in [2.75, 3.05) is 18.1 Å². The lowest BCUT2D eigenvalue weighted by Crippen LogP contribution is -2.37. The number of sulfone groups is 1.